The van der Waals surface area contributed by atoms with Gasteiger partial charge in [0.1, 0.15) is 5.82 Å². The third-order valence-corrected chi connectivity index (χ3v) is 3.63. The standard InChI is InChI=1S/C10H10BrFN4S/c11-8-2-1-7(12)3-6(8)4-9(15-13)10-5-14-17-16-10/h1-3,5,9,15H,4,13H2. The van der Waals surface area contributed by atoms with E-state index in [4.69, 9.17) is 5.84 Å². The molecule has 0 saturated carbocycles. The van der Waals surface area contributed by atoms with Gasteiger partial charge >= 0.3 is 0 Å². The van der Waals surface area contributed by atoms with E-state index in [1.807, 2.05) is 0 Å². The van der Waals surface area contributed by atoms with E-state index in [0.717, 1.165) is 27.5 Å². The van der Waals surface area contributed by atoms with Gasteiger partial charge < -0.3 is 0 Å². The van der Waals surface area contributed by atoms with Crippen molar-refractivity contribution in [1.29, 1.82) is 0 Å². The molecular weight excluding hydrogens is 307 g/mol. The Kier molecular flexibility index (Phi) is 4.16. The fourth-order valence-electron chi connectivity index (χ4n) is 1.49. The summed E-state index contributed by atoms with van der Waals surface area (Å²) in [5, 5.41) is 0. The van der Waals surface area contributed by atoms with Gasteiger partial charge in [0, 0.05) is 4.47 Å². The lowest BCUT2D eigenvalue weighted by molar-refractivity contribution is 0.538. The molecule has 1 aromatic heterocycles. The maximum Gasteiger partial charge on any atom is 0.123 e. The summed E-state index contributed by atoms with van der Waals surface area (Å²) in [6, 6.07) is 4.39. The van der Waals surface area contributed by atoms with E-state index in [1.54, 1.807) is 12.3 Å². The Bertz CT molecular complexity index is 491. The van der Waals surface area contributed by atoms with Crippen LogP contribution in [-0.4, -0.2) is 8.75 Å². The highest BCUT2D eigenvalue weighted by Gasteiger charge is 2.15. The monoisotopic (exact) mass is 316 g/mol. The number of nitrogens with one attached hydrogen (secondary N) is 1. The zero-order chi connectivity index (χ0) is 12.3. The molecule has 0 bridgehead atoms. The normalized spacial score (nSPS) is 12.6. The molecule has 0 aliphatic heterocycles. The Morgan fingerprint density at radius 1 is 1.53 bits per heavy atom. The van der Waals surface area contributed by atoms with Crippen LogP contribution in [-0.2, 0) is 6.42 Å². The SMILES string of the molecule is NNC(Cc1cc(F)ccc1Br)c1cnsn1. The molecule has 2 aromatic rings. The van der Waals surface area contributed by atoms with E-state index < -0.39 is 0 Å². The van der Waals surface area contributed by atoms with E-state index in [0.29, 0.717) is 6.42 Å². The Balaban J connectivity index is 2.21. The molecule has 0 amide bonds. The van der Waals surface area contributed by atoms with Crippen LogP contribution in [0.2, 0.25) is 0 Å². The predicted octanol–water partition coefficient (Wildman–Crippen LogP) is 2.19. The lowest BCUT2D eigenvalue weighted by Gasteiger charge is -2.14. The summed E-state index contributed by atoms with van der Waals surface area (Å²) in [7, 11) is 0. The summed E-state index contributed by atoms with van der Waals surface area (Å²) in [6.07, 6.45) is 2.20. The zero-order valence-electron chi connectivity index (χ0n) is 8.73. The molecule has 1 heterocycles. The molecule has 4 nitrogen and oxygen atoms in total. The minimum atomic E-state index is -0.268. The smallest absolute Gasteiger partial charge is 0.123 e. The van der Waals surface area contributed by atoms with E-state index in [-0.39, 0.29) is 11.9 Å². The van der Waals surface area contributed by atoms with Gasteiger partial charge in [-0.2, -0.15) is 8.75 Å². The molecule has 7 heteroatoms. The molecule has 90 valence electrons. The van der Waals surface area contributed by atoms with Crippen LogP contribution in [0.1, 0.15) is 17.3 Å². The molecule has 0 radical (unpaired) electrons. The maximum absolute atomic E-state index is 13.1. The Hall–Kier alpha value is -0.890. The van der Waals surface area contributed by atoms with Crippen LogP contribution in [0, 0.1) is 5.82 Å². The second-order valence-electron chi connectivity index (χ2n) is 3.49. The second kappa shape index (κ2) is 5.63. The average Bonchev–Trinajstić information content (AvgIpc) is 2.84. The summed E-state index contributed by atoms with van der Waals surface area (Å²) in [6.45, 7) is 0. The summed E-state index contributed by atoms with van der Waals surface area (Å²) < 4.78 is 22.0. The van der Waals surface area contributed by atoms with Crippen LogP contribution in [0.15, 0.2) is 28.9 Å². The van der Waals surface area contributed by atoms with Crippen LogP contribution < -0.4 is 11.3 Å². The Morgan fingerprint density at radius 2 is 2.35 bits per heavy atom. The Morgan fingerprint density at radius 3 is 3.00 bits per heavy atom. The van der Waals surface area contributed by atoms with Crippen molar-refractivity contribution in [1.82, 2.24) is 14.2 Å². The van der Waals surface area contributed by atoms with Crippen molar-refractivity contribution in [2.45, 2.75) is 12.5 Å². The lowest BCUT2D eigenvalue weighted by atomic mass is 10.0. The molecule has 1 unspecified atom stereocenters. The zero-order valence-corrected chi connectivity index (χ0v) is 11.1. The minimum Gasteiger partial charge on any atom is -0.271 e. The Labute approximate surface area is 110 Å². The predicted molar refractivity (Wildman–Crippen MR) is 67.8 cm³/mol. The molecule has 2 rings (SSSR count). The van der Waals surface area contributed by atoms with Crippen LogP contribution in [0.25, 0.3) is 0 Å². The number of aromatic nitrogens is 2. The number of nitrogens with two attached hydrogens (primary N) is 1. The molecule has 3 N–H and O–H groups in total. The largest absolute Gasteiger partial charge is 0.271 e. The fourth-order valence-corrected chi connectivity index (χ4v) is 2.37. The summed E-state index contributed by atoms with van der Waals surface area (Å²) in [5.41, 5.74) is 4.25. The quantitative estimate of drug-likeness (QED) is 0.670. The number of benzene rings is 1. The molecule has 0 aliphatic rings. The number of nitrogens with zero attached hydrogens (tertiary/aromatic N) is 2. The van der Waals surface area contributed by atoms with Gasteiger partial charge in [-0.15, -0.1) is 0 Å². The first-order valence-corrected chi connectivity index (χ1v) is 6.40. The number of hydrogen-bond acceptors (Lipinski definition) is 5. The average molecular weight is 317 g/mol. The third-order valence-electron chi connectivity index (χ3n) is 2.37. The lowest BCUT2D eigenvalue weighted by Crippen LogP contribution is -2.29. The third kappa shape index (κ3) is 3.06. The van der Waals surface area contributed by atoms with Gasteiger partial charge in [-0.3, -0.25) is 11.3 Å². The van der Waals surface area contributed by atoms with E-state index in [1.165, 1.54) is 12.1 Å². The van der Waals surface area contributed by atoms with Crippen molar-refractivity contribution in [3.05, 3.63) is 45.9 Å². The van der Waals surface area contributed by atoms with E-state index >= 15 is 0 Å². The van der Waals surface area contributed by atoms with Crippen molar-refractivity contribution in [2.75, 3.05) is 0 Å². The number of hydrazine groups is 1. The highest BCUT2D eigenvalue weighted by molar-refractivity contribution is 9.10. The summed E-state index contributed by atoms with van der Waals surface area (Å²) in [5.74, 6) is 5.21. The molecule has 0 spiro atoms. The van der Waals surface area contributed by atoms with E-state index in [2.05, 4.69) is 30.1 Å². The van der Waals surface area contributed by atoms with Crippen LogP contribution in [0.4, 0.5) is 4.39 Å². The highest BCUT2D eigenvalue weighted by Crippen LogP contribution is 2.23. The van der Waals surface area contributed by atoms with Gasteiger partial charge in [0.2, 0.25) is 0 Å². The highest BCUT2D eigenvalue weighted by atomic mass is 79.9. The minimum absolute atomic E-state index is 0.174. The van der Waals surface area contributed by atoms with Gasteiger partial charge in [0.05, 0.1) is 29.7 Å². The number of hydrogen-bond donors (Lipinski definition) is 2. The van der Waals surface area contributed by atoms with Crippen molar-refractivity contribution in [3.63, 3.8) is 0 Å². The van der Waals surface area contributed by atoms with Gasteiger partial charge in [0.25, 0.3) is 0 Å². The first kappa shape index (κ1) is 12.6. The molecular formula is C10H10BrFN4S. The molecule has 0 aliphatic carbocycles. The first-order valence-electron chi connectivity index (χ1n) is 4.88. The number of halogens is 2. The van der Waals surface area contributed by atoms with Crippen LogP contribution in [0.5, 0.6) is 0 Å². The van der Waals surface area contributed by atoms with Crippen molar-refractivity contribution in [3.8, 4) is 0 Å². The number of rotatable bonds is 4. The van der Waals surface area contributed by atoms with Crippen molar-refractivity contribution in [2.24, 2.45) is 5.84 Å². The van der Waals surface area contributed by atoms with Gasteiger partial charge in [0.15, 0.2) is 0 Å². The van der Waals surface area contributed by atoms with Gasteiger partial charge in [-0.1, -0.05) is 15.9 Å². The summed E-state index contributed by atoms with van der Waals surface area (Å²) in [4.78, 5) is 0. The van der Waals surface area contributed by atoms with Gasteiger partial charge in [-0.25, -0.2) is 4.39 Å². The van der Waals surface area contributed by atoms with Crippen molar-refractivity contribution >= 4 is 27.7 Å². The van der Waals surface area contributed by atoms with E-state index in [9.17, 15) is 4.39 Å². The van der Waals surface area contributed by atoms with Crippen LogP contribution >= 0.6 is 27.7 Å². The molecule has 0 fully saturated rings. The molecule has 0 saturated heterocycles. The second-order valence-corrected chi connectivity index (χ2v) is 4.90. The molecule has 17 heavy (non-hydrogen) atoms. The van der Waals surface area contributed by atoms with Crippen molar-refractivity contribution < 1.29 is 4.39 Å². The first-order chi connectivity index (χ1) is 8.20. The summed E-state index contributed by atoms with van der Waals surface area (Å²) >= 11 is 4.50. The molecule has 1 aromatic carbocycles. The van der Waals surface area contributed by atoms with Crippen LogP contribution in [0.3, 0.4) is 0 Å². The maximum atomic E-state index is 13.1. The molecule has 1 atom stereocenters. The fraction of sp³-hybridized carbons (Fsp3) is 0.200. The topological polar surface area (TPSA) is 63.8 Å². The van der Waals surface area contributed by atoms with Gasteiger partial charge in [-0.05, 0) is 30.2 Å².